The average Bonchev–Trinajstić information content (AvgIpc) is 2.38. The predicted molar refractivity (Wildman–Crippen MR) is 69.3 cm³/mol. The highest BCUT2D eigenvalue weighted by molar-refractivity contribution is 5.66. The Bertz CT molecular complexity index is 440. The van der Waals surface area contributed by atoms with E-state index >= 15 is 0 Å². The standard InChI is InChI=1S/C13H18N2O3/c1-2-10-9-11(16)3-4-12(10)14-5-7-15(8-6-14)13(17)18/h3-4,9,16H,2,5-8H2,1H3,(H,17,18). The zero-order valence-electron chi connectivity index (χ0n) is 10.5. The van der Waals surface area contributed by atoms with Crippen LogP contribution in [0.5, 0.6) is 5.75 Å². The predicted octanol–water partition coefficient (Wildman–Crippen LogP) is 1.75. The van der Waals surface area contributed by atoms with E-state index in [0.29, 0.717) is 26.2 Å². The molecule has 0 atom stereocenters. The number of hydrogen-bond donors (Lipinski definition) is 2. The van der Waals surface area contributed by atoms with Crippen molar-refractivity contribution in [2.45, 2.75) is 13.3 Å². The molecule has 1 aliphatic rings. The molecule has 2 rings (SSSR count). The van der Waals surface area contributed by atoms with E-state index in [9.17, 15) is 9.90 Å². The van der Waals surface area contributed by atoms with Crippen LogP contribution >= 0.6 is 0 Å². The van der Waals surface area contributed by atoms with E-state index in [1.165, 1.54) is 4.90 Å². The lowest BCUT2D eigenvalue weighted by molar-refractivity contribution is 0.142. The second kappa shape index (κ2) is 5.16. The number of phenols is 1. The first-order valence-corrected chi connectivity index (χ1v) is 6.16. The monoisotopic (exact) mass is 250 g/mol. The van der Waals surface area contributed by atoms with Crippen molar-refractivity contribution in [2.75, 3.05) is 31.1 Å². The molecular formula is C13H18N2O3. The fraction of sp³-hybridized carbons (Fsp3) is 0.462. The molecule has 5 nitrogen and oxygen atoms in total. The fourth-order valence-electron chi connectivity index (χ4n) is 2.30. The average molecular weight is 250 g/mol. The highest BCUT2D eigenvalue weighted by atomic mass is 16.4. The van der Waals surface area contributed by atoms with Gasteiger partial charge in [0.05, 0.1) is 0 Å². The lowest BCUT2D eigenvalue weighted by Gasteiger charge is -2.35. The van der Waals surface area contributed by atoms with Crippen molar-refractivity contribution in [1.82, 2.24) is 4.90 Å². The van der Waals surface area contributed by atoms with Crippen LogP contribution < -0.4 is 4.90 Å². The molecule has 0 spiro atoms. The maximum absolute atomic E-state index is 10.8. The molecule has 1 aromatic carbocycles. The van der Waals surface area contributed by atoms with Crippen molar-refractivity contribution < 1.29 is 15.0 Å². The third kappa shape index (κ3) is 2.50. The molecule has 98 valence electrons. The highest BCUT2D eigenvalue weighted by Gasteiger charge is 2.21. The van der Waals surface area contributed by atoms with Crippen LogP contribution in [0, 0.1) is 0 Å². The Balaban J connectivity index is 2.12. The Morgan fingerprint density at radius 2 is 1.94 bits per heavy atom. The van der Waals surface area contributed by atoms with Crippen LogP contribution in [0.25, 0.3) is 0 Å². The molecular weight excluding hydrogens is 232 g/mol. The van der Waals surface area contributed by atoms with E-state index in [1.807, 2.05) is 13.0 Å². The molecule has 2 N–H and O–H groups in total. The number of carbonyl (C=O) groups is 1. The van der Waals surface area contributed by atoms with Gasteiger partial charge in [0.2, 0.25) is 0 Å². The number of rotatable bonds is 2. The summed E-state index contributed by atoms with van der Waals surface area (Å²) in [6.45, 7) is 4.50. The van der Waals surface area contributed by atoms with Crippen LogP contribution in [0.3, 0.4) is 0 Å². The van der Waals surface area contributed by atoms with Crippen LogP contribution in [0.2, 0.25) is 0 Å². The topological polar surface area (TPSA) is 64.0 Å². The van der Waals surface area contributed by atoms with Crippen LogP contribution in [-0.2, 0) is 6.42 Å². The molecule has 18 heavy (non-hydrogen) atoms. The van der Waals surface area contributed by atoms with Gasteiger partial charge in [-0.1, -0.05) is 6.92 Å². The van der Waals surface area contributed by atoms with Gasteiger partial charge in [0.25, 0.3) is 0 Å². The lowest BCUT2D eigenvalue weighted by atomic mass is 10.1. The van der Waals surface area contributed by atoms with Gasteiger partial charge in [-0.15, -0.1) is 0 Å². The van der Waals surface area contributed by atoms with Crippen LogP contribution in [-0.4, -0.2) is 47.4 Å². The number of nitrogens with zero attached hydrogens (tertiary/aromatic N) is 2. The molecule has 1 heterocycles. The molecule has 5 heteroatoms. The lowest BCUT2D eigenvalue weighted by Crippen LogP contribution is -2.48. The van der Waals surface area contributed by atoms with E-state index in [1.54, 1.807) is 12.1 Å². The van der Waals surface area contributed by atoms with Gasteiger partial charge in [0.15, 0.2) is 0 Å². The molecule has 0 radical (unpaired) electrons. The minimum absolute atomic E-state index is 0.278. The van der Waals surface area contributed by atoms with Gasteiger partial charge in [0, 0.05) is 31.9 Å². The van der Waals surface area contributed by atoms with E-state index in [0.717, 1.165) is 17.7 Å². The Morgan fingerprint density at radius 3 is 2.50 bits per heavy atom. The Labute approximate surface area is 106 Å². The fourth-order valence-corrected chi connectivity index (χ4v) is 2.30. The first-order valence-electron chi connectivity index (χ1n) is 6.16. The summed E-state index contributed by atoms with van der Waals surface area (Å²) in [4.78, 5) is 14.5. The number of piperazine rings is 1. The Morgan fingerprint density at radius 1 is 1.28 bits per heavy atom. The second-order valence-electron chi connectivity index (χ2n) is 4.42. The summed E-state index contributed by atoms with van der Waals surface area (Å²) < 4.78 is 0. The third-order valence-corrected chi connectivity index (χ3v) is 3.33. The molecule has 1 aliphatic heterocycles. The summed E-state index contributed by atoms with van der Waals surface area (Å²) >= 11 is 0. The molecule has 1 amide bonds. The Kier molecular flexibility index (Phi) is 3.60. The van der Waals surface area contributed by atoms with E-state index in [2.05, 4.69) is 4.90 Å². The summed E-state index contributed by atoms with van der Waals surface area (Å²) in [6, 6.07) is 5.36. The number of carboxylic acid groups (broad SMARTS) is 1. The molecule has 1 fully saturated rings. The number of phenolic OH excluding ortho intramolecular Hbond substituents is 1. The summed E-state index contributed by atoms with van der Waals surface area (Å²) in [7, 11) is 0. The molecule has 0 saturated carbocycles. The van der Waals surface area contributed by atoms with E-state index in [4.69, 9.17) is 5.11 Å². The summed E-state index contributed by atoms with van der Waals surface area (Å²) in [5.41, 5.74) is 2.19. The van der Waals surface area contributed by atoms with Gasteiger partial charge in [-0.05, 0) is 30.2 Å². The highest BCUT2D eigenvalue weighted by Crippen LogP contribution is 2.26. The smallest absolute Gasteiger partial charge is 0.407 e. The van der Waals surface area contributed by atoms with Crippen LogP contribution in [0.15, 0.2) is 18.2 Å². The van der Waals surface area contributed by atoms with Crippen molar-refractivity contribution in [3.05, 3.63) is 23.8 Å². The Hall–Kier alpha value is -1.91. The van der Waals surface area contributed by atoms with Crippen molar-refractivity contribution in [3.63, 3.8) is 0 Å². The number of hydrogen-bond acceptors (Lipinski definition) is 3. The number of aryl methyl sites for hydroxylation is 1. The van der Waals surface area contributed by atoms with Crippen LogP contribution in [0.4, 0.5) is 10.5 Å². The van der Waals surface area contributed by atoms with Gasteiger partial charge >= 0.3 is 6.09 Å². The van der Waals surface area contributed by atoms with Gasteiger partial charge in [0.1, 0.15) is 5.75 Å². The maximum Gasteiger partial charge on any atom is 0.407 e. The van der Waals surface area contributed by atoms with Gasteiger partial charge in [-0.3, -0.25) is 0 Å². The SMILES string of the molecule is CCc1cc(O)ccc1N1CCN(C(=O)O)CC1. The normalized spacial score (nSPS) is 15.8. The summed E-state index contributed by atoms with van der Waals surface area (Å²) in [5.74, 6) is 0.278. The zero-order chi connectivity index (χ0) is 13.1. The van der Waals surface area contributed by atoms with Crippen molar-refractivity contribution in [3.8, 4) is 5.75 Å². The quantitative estimate of drug-likeness (QED) is 0.839. The van der Waals surface area contributed by atoms with Crippen LogP contribution in [0.1, 0.15) is 12.5 Å². The largest absolute Gasteiger partial charge is 0.508 e. The molecule has 1 saturated heterocycles. The minimum atomic E-state index is -0.851. The number of amides is 1. The van der Waals surface area contributed by atoms with Crippen molar-refractivity contribution >= 4 is 11.8 Å². The second-order valence-corrected chi connectivity index (χ2v) is 4.42. The minimum Gasteiger partial charge on any atom is -0.508 e. The van der Waals surface area contributed by atoms with E-state index < -0.39 is 6.09 Å². The van der Waals surface area contributed by atoms with Crippen molar-refractivity contribution in [2.24, 2.45) is 0 Å². The molecule has 0 unspecified atom stereocenters. The first kappa shape index (κ1) is 12.5. The molecule has 1 aromatic rings. The molecule has 0 aliphatic carbocycles. The first-order chi connectivity index (χ1) is 8.61. The number of anilines is 1. The third-order valence-electron chi connectivity index (χ3n) is 3.33. The zero-order valence-corrected chi connectivity index (χ0v) is 10.5. The van der Waals surface area contributed by atoms with Gasteiger partial charge < -0.3 is 20.0 Å². The van der Waals surface area contributed by atoms with Gasteiger partial charge in [-0.25, -0.2) is 4.79 Å². The molecule has 0 bridgehead atoms. The maximum atomic E-state index is 10.8. The van der Waals surface area contributed by atoms with Gasteiger partial charge in [-0.2, -0.15) is 0 Å². The summed E-state index contributed by atoms with van der Waals surface area (Å²) in [6.07, 6.45) is -0.000783. The number of benzene rings is 1. The molecule has 0 aromatic heterocycles. The number of aromatic hydroxyl groups is 1. The van der Waals surface area contributed by atoms with Crippen molar-refractivity contribution in [1.29, 1.82) is 0 Å². The van der Waals surface area contributed by atoms with E-state index in [-0.39, 0.29) is 5.75 Å². The summed E-state index contributed by atoms with van der Waals surface area (Å²) in [5, 5.41) is 18.4.